The molecule has 4 nitrogen and oxygen atoms in total. The summed E-state index contributed by atoms with van der Waals surface area (Å²) in [6, 6.07) is 13.7. The third-order valence-electron chi connectivity index (χ3n) is 4.62. The Morgan fingerprint density at radius 1 is 1.29 bits per heavy atom. The molecule has 0 aliphatic heterocycles. The van der Waals surface area contributed by atoms with Crippen LogP contribution in [0, 0.1) is 32.1 Å². The topological polar surface area (TPSA) is 57.8 Å². The van der Waals surface area contributed by atoms with E-state index in [0.717, 1.165) is 33.1 Å². The van der Waals surface area contributed by atoms with E-state index < -0.39 is 0 Å². The molecule has 3 rings (SSSR count). The van der Waals surface area contributed by atoms with Crippen LogP contribution in [0.4, 0.5) is 0 Å². The van der Waals surface area contributed by atoms with Crippen molar-refractivity contribution in [1.29, 1.82) is 5.26 Å². The molecule has 0 saturated carbocycles. The molecule has 0 radical (unpaired) electrons. The summed E-state index contributed by atoms with van der Waals surface area (Å²) in [6.45, 7) is 6.35. The molecule has 3 aromatic rings. The molecule has 0 saturated heterocycles. The molecular formula is C22H20ClN3OS. The van der Waals surface area contributed by atoms with Crippen LogP contribution in [-0.2, 0) is 11.3 Å². The van der Waals surface area contributed by atoms with Gasteiger partial charge < -0.3 is 9.88 Å². The van der Waals surface area contributed by atoms with Gasteiger partial charge in [0.25, 0.3) is 5.91 Å². The first-order chi connectivity index (χ1) is 13.4. The number of nitrogens with one attached hydrogen (secondary N) is 1. The van der Waals surface area contributed by atoms with Gasteiger partial charge in [-0.1, -0.05) is 23.7 Å². The molecule has 0 unspecified atom stereocenters. The Kier molecular flexibility index (Phi) is 6.03. The van der Waals surface area contributed by atoms with Crippen molar-refractivity contribution in [3.63, 3.8) is 0 Å². The quantitative estimate of drug-likeness (QED) is 0.456. The highest BCUT2D eigenvalue weighted by atomic mass is 35.5. The number of benzene rings is 1. The molecule has 0 atom stereocenters. The van der Waals surface area contributed by atoms with E-state index in [9.17, 15) is 10.1 Å². The van der Waals surface area contributed by atoms with Crippen molar-refractivity contribution >= 4 is 34.9 Å². The molecule has 2 heterocycles. The third-order valence-corrected chi connectivity index (χ3v) is 5.90. The van der Waals surface area contributed by atoms with Gasteiger partial charge in [0.15, 0.2) is 0 Å². The maximum absolute atomic E-state index is 12.4. The zero-order valence-corrected chi connectivity index (χ0v) is 17.5. The molecule has 28 heavy (non-hydrogen) atoms. The molecule has 0 aliphatic rings. The van der Waals surface area contributed by atoms with Gasteiger partial charge in [0.1, 0.15) is 11.6 Å². The number of nitrogens with zero attached hydrogens (tertiary/aromatic N) is 2. The number of carbonyl (C=O) groups is 1. The van der Waals surface area contributed by atoms with Crippen molar-refractivity contribution in [3.8, 4) is 11.8 Å². The van der Waals surface area contributed by atoms with Crippen molar-refractivity contribution < 1.29 is 4.79 Å². The van der Waals surface area contributed by atoms with Crippen LogP contribution in [0.3, 0.4) is 0 Å². The third kappa shape index (κ3) is 4.04. The lowest BCUT2D eigenvalue weighted by Gasteiger charge is -2.13. The minimum absolute atomic E-state index is 0.0830. The van der Waals surface area contributed by atoms with Gasteiger partial charge in [0.05, 0.1) is 6.54 Å². The molecule has 1 amide bonds. The van der Waals surface area contributed by atoms with Gasteiger partial charge >= 0.3 is 0 Å². The fourth-order valence-electron chi connectivity index (χ4n) is 3.12. The van der Waals surface area contributed by atoms with Gasteiger partial charge in [-0.3, -0.25) is 4.79 Å². The maximum Gasteiger partial charge on any atom is 0.262 e. The first-order valence-corrected chi connectivity index (χ1v) is 10.0. The minimum atomic E-state index is -0.375. The van der Waals surface area contributed by atoms with Crippen LogP contribution in [0.2, 0.25) is 5.02 Å². The molecule has 0 aliphatic carbocycles. The summed E-state index contributed by atoms with van der Waals surface area (Å²) in [7, 11) is 0. The van der Waals surface area contributed by atoms with Crippen LogP contribution < -0.4 is 5.32 Å². The van der Waals surface area contributed by atoms with Gasteiger partial charge in [-0.25, -0.2) is 0 Å². The Morgan fingerprint density at radius 2 is 2.07 bits per heavy atom. The van der Waals surface area contributed by atoms with E-state index in [4.69, 9.17) is 11.6 Å². The van der Waals surface area contributed by atoms with E-state index in [-0.39, 0.29) is 11.5 Å². The lowest BCUT2D eigenvalue weighted by atomic mass is 10.1. The van der Waals surface area contributed by atoms with Gasteiger partial charge in [-0.15, -0.1) is 11.3 Å². The Hall–Kier alpha value is -2.81. The Bertz CT molecular complexity index is 1090. The Labute approximate surface area is 173 Å². The number of amides is 1. The number of thiophene rings is 1. The van der Waals surface area contributed by atoms with E-state index >= 15 is 0 Å². The summed E-state index contributed by atoms with van der Waals surface area (Å²) < 4.78 is 2.09. The number of nitriles is 1. The van der Waals surface area contributed by atoms with E-state index in [1.807, 2.05) is 68.6 Å². The first-order valence-electron chi connectivity index (χ1n) is 8.79. The van der Waals surface area contributed by atoms with Crippen LogP contribution in [0.1, 0.15) is 27.4 Å². The molecule has 0 bridgehead atoms. The zero-order valence-electron chi connectivity index (χ0n) is 15.9. The Balaban J connectivity index is 1.91. The second-order valence-electron chi connectivity index (χ2n) is 6.48. The maximum atomic E-state index is 12.4. The predicted molar refractivity (Wildman–Crippen MR) is 115 cm³/mol. The number of hydrogen-bond donors (Lipinski definition) is 1. The number of aromatic nitrogens is 1. The summed E-state index contributed by atoms with van der Waals surface area (Å²) in [4.78, 5) is 13.5. The van der Waals surface area contributed by atoms with Crippen LogP contribution in [0.15, 0.2) is 47.4 Å². The van der Waals surface area contributed by atoms with E-state index in [1.54, 1.807) is 17.4 Å². The van der Waals surface area contributed by atoms with Crippen molar-refractivity contribution in [2.75, 3.05) is 0 Å². The largest absolute Gasteiger partial charge is 0.347 e. The lowest BCUT2D eigenvalue weighted by molar-refractivity contribution is -0.117. The average Bonchev–Trinajstić information content (AvgIpc) is 3.28. The Morgan fingerprint density at radius 3 is 2.75 bits per heavy atom. The highest BCUT2D eigenvalue weighted by Crippen LogP contribution is 2.28. The number of halogens is 1. The molecule has 0 fully saturated rings. The SMILES string of the molecule is Cc1c(Cl)cccc1-n1c(C)cc(/C=C(\C#N)C(=O)NCc2cccs2)c1C. The molecular weight excluding hydrogens is 390 g/mol. The van der Waals surface area contributed by atoms with Crippen molar-refractivity contribution in [3.05, 3.63) is 79.8 Å². The van der Waals surface area contributed by atoms with Crippen LogP contribution in [0.5, 0.6) is 0 Å². The second-order valence-corrected chi connectivity index (χ2v) is 7.92. The summed E-state index contributed by atoms with van der Waals surface area (Å²) in [5.74, 6) is -0.375. The van der Waals surface area contributed by atoms with Gasteiger partial charge in [-0.2, -0.15) is 5.26 Å². The average molecular weight is 410 g/mol. The van der Waals surface area contributed by atoms with Crippen LogP contribution >= 0.6 is 22.9 Å². The predicted octanol–water partition coefficient (Wildman–Crippen LogP) is 5.34. The summed E-state index contributed by atoms with van der Waals surface area (Å²) >= 11 is 7.85. The van der Waals surface area contributed by atoms with Gasteiger partial charge in [-0.05, 0) is 67.6 Å². The summed E-state index contributed by atoms with van der Waals surface area (Å²) in [5, 5.41) is 14.9. The summed E-state index contributed by atoms with van der Waals surface area (Å²) in [6.07, 6.45) is 1.64. The van der Waals surface area contributed by atoms with Gasteiger partial charge in [0.2, 0.25) is 0 Å². The van der Waals surface area contributed by atoms with Crippen LogP contribution in [-0.4, -0.2) is 10.5 Å². The second kappa shape index (κ2) is 8.47. The number of rotatable bonds is 5. The fourth-order valence-corrected chi connectivity index (χ4v) is 3.94. The van der Waals surface area contributed by atoms with E-state index in [1.165, 1.54) is 0 Å². The number of aryl methyl sites for hydroxylation is 1. The number of hydrogen-bond acceptors (Lipinski definition) is 3. The molecule has 0 spiro atoms. The standard InChI is InChI=1S/C22H20ClN3OS/c1-14-10-17(16(3)26(14)21-8-4-7-20(23)15(21)2)11-18(12-24)22(27)25-13-19-6-5-9-28-19/h4-11H,13H2,1-3H3,(H,25,27)/b18-11+. The molecule has 1 aromatic carbocycles. The van der Waals surface area contributed by atoms with Gasteiger partial charge in [0, 0.05) is 27.0 Å². The number of carbonyl (C=O) groups excluding carboxylic acids is 1. The zero-order chi connectivity index (χ0) is 20.3. The highest BCUT2D eigenvalue weighted by molar-refractivity contribution is 7.09. The minimum Gasteiger partial charge on any atom is -0.347 e. The monoisotopic (exact) mass is 409 g/mol. The van der Waals surface area contributed by atoms with Crippen molar-refractivity contribution in [2.45, 2.75) is 27.3 Å². The van der Waals surface area contributed by atoms with E-state index in [0.29, 0.717) is 11.6 Å². The fraction of sp³-hybridized carbons (Fsp3) is 0.182. The van der Waals surface area contributed by atoms with Crippen molar-refractivity contribution in [1.82, 2.24) is 9.88 Å². The smallest absolute Gasteiger partial charge is 0.262 e. The van der Waals surface area contributed by atoms with Crippen LogP contribution in [0.25, 0.3) is 11.8 Å². The first kappa shape index (κ1) is 19.9. The highest BCUT2D eigenvalue weighted by Gasteiger charge is 2.15. The normalized spacial score (nSPS) is 11.3. The lowest BCUT2D eigenvalue weighted by Crippen LogP contribution is -2.23. The summed E-state index contributed by atoms with van der Waals surface area (Å²) in [5.41, 5.74) is 4.84. The molecule has 6 heteroatoms. The molecule has 2 aromatic heterocycles. The van der Waals surface area contributed by atoms with E-state index in [2.05, 4.69) is 9.88 Å². The molecule has 1 N–H and O–H groups in total. The van der Waals surface area contributed by atoms with Crippen molar-refractivity contribution in [2.24, 2.45) is 0 Å². The molecule has 142 valence electrons.